The van der Waals surface area contributed by atoms with Crippen molar-refractivity contribution in [3.63, 3.8) is 0 Å². The maximum Gasteiger partial charge on any atom is 0.250 e. The highest BCUT2D eigenvalue weighted by Gasteiger charge is 2.24. The number of nitrogens with zero attached hydrogens (tertiary/aromatic N) is 2. The maximum atomic E-state index is 12.1. The number of hydrogen-bond acceptors (Lipinski definition) is 5. The van der Waals surface area contributed by atoms with Crippen LogP contribution in [0, 0.1) is 0 Å². The second-order valence-corrected chi connectivity index (χ2v) is 9.24. The van der Waals surface area contributed by atoms with E-state index in [0.29, 0.717) is 26.2 Å². The van der Waals surface area contributed by atoms with Crippen molar-refractivity contribution in [2.75, 3.05) is 42.7 Å². The zero-order chi connectivity index (χ0) is 21.6. The van der Waals surface area contributed by atoms with Gasteiger partial charge in [0.25, 0.3) is 0 Å². The number of hydrogen-bond donors (Lipinski definition) is 2. The monoisotopic (exact) mass is 444 g/mol. The van der Waals surface area contributed by atoms with Crippen LogP contribution in [0.5, 0.6) is 0 Å². The van der Waals surface area contributed by atoms with Gasteiger partial charge in [-0.05, 0) is 36.0 Å². The molecule has 0 bridgehead atoms. The van der Waals surface area contributed by atoms with Crippen molar-refractivity contribution in [3.05, 3.63) is 66.2 Å². The molecule has 1 aliphatic rings. The third-order valence-electron chi connectivity index (χ3n) is 4.66. The maximum absolute atomic E-state index is 12.1. The predicted molar refractivity (Wildman–Crippen MR) is 125 cm³/mol. The summed E-state index contributed by atoms with van der Waals surface area (Å²) < 4.78 is 24.9. The average molecular weight is 445 g/mol. The molecule has 0 aliphatic carbocycles. The Hall–Kier alpha value is -2.75. The molecule has 0 aromatic heterocycles. The summed E-state index contributed by atoms with van der Waals surface area (Å²) in [7, 11) is -3.18. The molecule has 0 saturated carbocycles. The van der Waals surface area contributed by atoms with Gasteiger partial charge in [-0.3, -0.25) is 10.1 Å². The first-order chi connectivity index (χ1) is 14.3. The lowest BCUT2D eigenvalue weighted by Gasteiger charge is -2.35. The number of carbonyl (C=O) groups is 1. The van der Waals surface area contributed by atoms with Crippen molar-refractivity contribution >= 4 is 50.7 Å². The van der Waals surface area contributed by atoms with Crippen LogP contribution < -0.4 is 15.5 Å². The molecule has 0 radical (unpaired) electrons. The highest BCUT2D eigenvalue weighted by Crippen LogP contribution is 2.27. The Balaban J connectivity index is 1.60. The number of amides is 1. The average Bonchev–Trinajstić information content (AvgIpc) is 2.73. The highest BCUT2D eigenvalue weighted by atomic mass is 32.2. The molecule has 0 atom stereocenters. The molecule has 1 amide bonds. The molecular formula is C21H24N4O3S2. The van der Waals surface area contributed by atoms with Crippen LogP contribution in [0.3, 0.4) is 0 Å². The fourth-order valence-corrected chi connectivity index (χ4v) is 4.20. The summed E-state index contributed by atoms with van der Waals surface area (Å²) in [6.07, 6.45) is 4.37. The molecule has 158 valence electrons. The molecule has 1 aliphatic heterocycles. The second-order valence-electron chi connectivity index (χ2n) is 6.85. The van der Waals surface area contributed by atoms with Gasteiger partial charge in [0.2, 0.25) is 15.9 Å². The summed E-state index contributed by atoms with van der Waals surface area (Å²) in [4.78, 5) is 14.2. The number of rotatable bonds is 5. The van der Waals surface area contributed by atoms with Crippen molar-refractivity contribution in [2.45, 2.75) is 0 Å². The van der Waals surface area contributed by atoms with Gasteiger partial charge in [-0.15, -0.1) is 0 Å². The third-order valence-corrected chi connectivity index (χ3v) is 6.17. The van der Waals surface area contributed by atoms with Crippen LogP contribution in [0.1, 0.15) is 5.56 Å². The van der Waals surface area contributed by atoms with E-state index in [-0.39, 0.29) is 11.0 Å². The van der Waals surface area contributed by atoms with E-state index in [0.717, 1.165) is 16.9 Å². The van der Waals surface area contributed by atoms with Crippen LogP contribution in [-0.2, 0) is 14.8 Å². The van der Waals surface area contributed by atoms with Crippen LogP contribution in [-0.4, -0.2) is 56.2 Å². The van der Waals surface area contributed by atoms with Gasteiger partial charge < -0.3 is 10.2 Å². The van der Waals surface area contributed by atoms with Gasteiger partial charge in [0.15, 0.2) is 5.11 Å². The van der Waals surface area contributed by atoms with Crippen LogP contribution >= 0.6 is 12.2 Å². The van der Waals surface area contributed by atoms with Gasteiger partial charge in [-0.25, -0.2) is 8.42 Å². The number of carbonyl (C=O) groups excluding carboxylic acids is 1. The lowest BCUT2D eigenvalue weighted by Crippen LogP contribution is -2.48. The van der Waals surface area contributed by atoms with E-state index in [4.69, 9.17) is 12.2 Å². The van der Waals surface area contributed by atoms with E-state index in [9.17, 15) is 13.2 Å². The fraction of sp³-hybridized carbons (Fsp3) is 0.238. The lowest BCUT2D eigenvalue weighted by atomic mass is 10.2. The Labute approximate surface area is 182 Å². The summed E-state index contributed by atoms with van der Waals surface area (Å²) in [5, 5.41) is 5.91. The number of piperazine rings is 1. The quantitative estimate of drug-likeness (QED) is 0.544. The molecule has 0 unspecified atom stereocenters. The smallest absolute Gasteiger partial charge is 0.250 e. The first-order valence-electron chi connectivity index (χ1n) is 9.47. The minimum absolute atomic E-state index is 0.194. The van der Waals surface area contributed by atoms with Crippen molar-refractivity contribution in [1.82, 2.24) is 9.62 Å². The van der Waals surface area contributed by atoms with E-state index >= 15 is 0 Å². The lowest BCUT2D eigenvalue weighted by molar-refractivity contribution is -0.115. The van der Waals surface area contributed by atoms with E-state index in [1.54, 1.807) is 6.08 Å². The molecule has 1 saturated heterocycles. The number of anilines is 2. The third kappa shape index (κ3) is 6.12. The molecule has 1 heterocycles. The minimum atomic E-state index is -3.18. The summed E-state index contributed by atoms with van der Waals surface area (Å²) in [5.74, 6) is -0.324. The molecule has 2 aromatic rings. The Morgan fingerprint density at radius 1 is 1.00 bits per heavy atom. The van der Waals surface area contributed by atoms with Crippen LogP contribution in [0.25, 0.3) is 6.08 Å². The van der Waals surface area contributed by atoms with Crippen molar-refractivity contribution in [1.29, 1.82) is 0 Å². The number of benzene rings is 2. The van der Waals surface area contributed by atoms with Crippen LogP contribution in [0.2, 0.25) is 0 Å². The Bertz CT molecular complexity index is 1030. The summed E-state index contributed by atoms with van der Waals surface area (Å²) in [6.45, 7) is 2.01. The number of sulfonamides is 1. The van der Waals surface area contributed by atoms with Crippen molar-refractivity contribution in [2.24, 2.45) is 0 Å². The summed E-state index contributed by atoms with van der Waals surface area (Å²) in [5.41, 5.74) is 2.58. The topological polar surface area (TPSA) is 81.8 Å². The standard InChI is InChI=1S/C21H24N4O3S2/c1-30(27,28)25-15-13-24(14-16-25)19-10-6-5-9-18(19)22-21(29)23-20(26)12-11-17-7-3-2-4-8-17/h2-12H,13-16H2,1H3,(H2,22,23,26,29). The predicted octanol–water partition coefficient (Wildman–Crippen LogP) is 2.29. The van der Waals surface area contributed by atoms with E-state index in [1.165, 1.54) is 16.6 Å². The van der Waals surface area contributed by atoms with Crippen molar-refractivity contribution < 1.29 is 13.2 Å². The van der Waals surface area contributed by atoms with Gasteiger partial charge in [0.05, 0.1) is 17.6 Å². The van der Waals surface area contributed by atoms with Crippen molar-refractivity contribution in [3.8, 4) is 0 Å². The first kappa shape index (κ1) is 21.9. The molecule has 9 heteroatoms. The molecule has 3 rings (SSSR count). The molecule has 2 aromatic carbocycles. The second kappa shape index (κ2) is 9.84. The number of para-hydroxylation sites is 2. The van der Waals surface area contributed by atoms with E-state index in [1.807, 2.05) is 54.6 Å². The molecule has 7 nitrogen and oxygen atoms in total. The van der Waals surface area contributed by atoms with E-state index in [2.05, 4.69) is 15.5 Å². The molecular weight excluding hydrogens is 420 g/mol. The van der Waals surface area contributed by atoms with Gasteiger partial charge in [0.1, 0.15) is 0 Å². The fourth-order valence-electron chi connectivity index (χ4n) is 3.16. The zero-order valence-electron chi connectivity index (χ0n) is 16.6. The molecule has 2 N–H and O–H groups in total. The normalized spacial score (nSPS) is 15.2. The van der Waals surface area contributed by atoms with Gasteiger partial charge in [-0.2, -0.15) is 4.31 Å². The van der Waals surface area contributed by atoms with Crippen LogP contribution in [0.4, 0.5) is 11.4 Å². The minimum Gasteiger partial charge on any atom is -0.367 e. The van der Waals surface area contributed by atoms with Gasteiger partial charge >= 0.3 is 0 Å². The zero-order valence-corrected chi connectivity index (χ0v) is 18.2. The van der Waals surface area contributed by atoms with E-state index < -0.39 is 10.0 Å². The largest absolute Gasteiger partial charge is 0.367 e. The Kier molecular flexibility index (Phi) is 7.20. The van der Waals surface area contributed by atoms with Gasteiger partial charge in [0, 0.05) is 32.3 Å². The highest BCUT2D eigenvalue weighted by molar-refractivity contribution is 7.88. The number of nitrogens with one attached hydrogen (secondary N) is 2. The SMILES string of the molecule is CS(=O)(=O)N1CCN(c2ccccc2NC(=S)NC(=O)C=Cc2ccccc2)CC1. The van der Waals surface area contributed by atoms with Crippen LogP contribution in [0.15, 0.2) is 60.7 Å². The summed E-state index contributed by atoms with van der Waals surface area (Å²) >= 11 is 5.29. The molecule has 1 fully saturated rings. The Morgan fingerprint density at radius 2 is 1.63 bits per heavy atom. The first-order valence-corrected chi connectivity index (χ1v) is 11.7. The van der Waals surface area contributed by atoms with Gasteiger partial charge in [-0.1, -0.05) is 42.5 Å². The molecule has 30 heavy (non-hydrogen) atoms. The molecule has 0 spiro atoms. The Morgan fingerprint density at radius 3 is 2.30 bits per heavy atom. The number of thiocarbonyl (C=S) groups is 1. The summed E-state index contributed by atoms with van der Waals surface area (Å²) in [6, 6.07) is 17.1.